The van der Waals surface area contributed by atoms with Crippen LogP contribution in [-0.2, 0) is 31.6 Å². The highest BCUT2D eigenvalue weighted by Crippen LogP contribution is 2.47. The molecular weight excluding hydrogens is 541 g/mol. The first-order chi connectivity index (χ1) is 16.8. The molecule has 2 heterocycles. The van der Waals surface area contributed by atoms with Crippen LogP contribution in [0.4, 0.5) is 0 Å². The quantitative estimate of drug-likeness (QED) is 0.293. The third-order valence-corrected chi connectivity index (χ3v) is 7.94. The summed E-state index contributed by atoms with van der Waals surface area (Å²) in [6.07, 6.45) is 1.09. The fourth-order valence-electron chi connectivity index (χ4n) is 3.83. The summed E-state index contributed by atoms with van der Waals surface area (Å²) in [5.41, 5.74) is 1.24. The molecule has 0 fully saturated rings. The van der Waals surface area contributed by atoms with Crippen LogP contribution in [0.15, 0.2) is 41.0 Å². The van der Waals surface area contributed by atoms with Crippen molar-refractivity contribution in [2.75, 3.05) is 19.4 Å². The Balaban J connectivity index is 1.43. The summed E-state index contributed by atoms with van der Waals surface area (Å²) in [6.45, 7) is 3.50. The molecule has 2 aromatic carbocycles. The van der Waals surface area contributed by atoms with Gasteiger partial charge in [-0.1, -0.05) is 33.3 Å². The Kier molecular flexibility index (Phi) is 7.46. The third kappa shape index (κ3) is 5.20. The number of amides is 3. The minimum Gasteiger partial charge on any atom is -0.336 e. The summed E-state index contributed by atoms with van der Waals surface area (Å²) in [4.78, 5) is 39.6. The van der Waals surface area contributed by atoms with Gasteiger partial charge in [0.1, 0.15) is 18.5 Å². The van der Waals surface area contributed by atoms with Crippen molar-refractivity contribution in [3.8, 4) is 0 Å². The molecule has 0 radical (unpaired) electrons. The molecule has 13 heteroatoms. The molecule has 1 aliphatic heterocycles. The molecule has 35 heavy (non-hydrogen) atoms. The molecule has 4 rings (SSSR count). The van der Waals surface area contributed by atoms with Crippen LogP contribution in [0.2, 0.25) is 0 Å². The number of benzene rings is 2. The fourth-order valence-corrected chi connectivity index (χ4v) is 5.80. The van der Waals surface area contributed by atoms with Crippen molar-refractivity contribution >= 4 is 52.0 Å². The smallest absolute Gasteiger partial charge is 0.336 e. The second kappa shape index (κ2) is 10.4. The summed E-state index contributed by atoms with van der Waals surface area (Å²) < 4.78 is 24.9. The van der Waals surface area contributed by atoms with Gasteiger partial charge in [-0.15, -0.1) is 5.10 Å². The lowest BCUT2D eigenvalue weighted by molar-refractivity contribution is -0.119. The van der Waals surface area contributed by atoms with Crippen LogP contribution in [0.1, 0.15) is 40.3 Å². The van der Waals surface area contributed by atoms with E-state index in [1.165, 1.54) is 10.9 Å². The van der Waals surface area contributed by atoms with Crippen molar-refractivity contribution in [1.29, 1.82) is 0 Å². The molecule has 1 aromatic heterocycles. The minimum atomic E-state index is -3.52. The monoisotopic (exact) mass is 563 g/mol. The number of rotatable bonds is 10. The van der Waals surface area contributed by atoms with Crippen molar-refractivity contribution in [3.63, 3.8) is 0 Å². The second-order valence-electron chi connectivity index (χ2n) is 7.63. The van der Waals surface area contributed by atoms with E-state index in [0.717, 1.165) is 14.8 Å². The topological polar surface area (TPSA) is 133 Å². The van der Waals surface area contributed by atoms with Gasteiger partial charge in [0.25, 0.3) is 11.8 Å². The zero-order valence-electron chi connectivity index (χ0n) is 19.1. The van der Waals surface area contributed by atoms with Crippen LogP contribution in [0.25, 0.3) is 10.8 Å². The van der Waals surface area contributed by atoms with Gasteiger partial charge in [0, 0.05) is 21.0 Å². The first-order valence-electron chi connectivity index (χ1n) is 10.9. The summed E-state index contributed by atoms with van der Waals surface area (Å²) >= 11 is 3.47. The summed E-state index contributed by atoms with van der Waals surface area (Å²) in [5.74, 6) is -1.38. The van der Waals surface area contributed by atoms with E-state index >= 15 is 0 Å². The molecular formula is C22H23BrN5O6P. The molecule has 3 amide bonds. The Morgan fingerprint density at radius 2 is 1.77 bits per heavy atom. The Bertz CT molecular complexity index is 1330. The maximum atomic E-state index is 13.1. The van der Waals surface area contributed by atoms with Crippen LogP contribution in [0.5, 0.6) is 0 Å². The van der Waals surface area contributed by atoms with Crippen molar-refractivity contribution in [1.82, 2.24) is 25.2 Å². The summed E-state index contributed by atoms with van der Waals surface area (Å²) in [6, 6.07) is 8.78. The van der Waals surface area contributed by atoms with Crippen molar-refractivity contribution < 1.29 is 28.0 Å². The van der Waals surface area contributed by atoms with E-state index in [1.807, 2.05) is 6.07 Å². The molecule has 0 bridgehead atoms. The Morgan fingerprint density at radius 3 is 2.46 bits per heavy atom. The first kappa shape index (κ1) is 25.2. The summed E-state index contributed by atoms with van der Waals surface area (Å²) in [7, 11) is -3.52. The van der Waals surface area contributed by atoms with E-state index in [4.69, 9.17) is 9.05 Å². The number of carbonyl (C=O) groups is 3. The molecule has 1 N–H and O–H groups in total. The van der Waals surface area contributed by atoms with Gasteiger partial charge in [-0.3, -0.25) is 23.8 Å². The number of hydrogen-bond acceptors (Lipinski definition) is 8. The Hall–Kier alpha value is -2.92. The fraction of sp³-hybridized carbons (Fsp3) is 0.318. The van der Waals surface area contributed by atoms with E-state index in [9.17, 15) is 18.9 Å². The largest absolute Gasteiger partial charge is 0.340 e. The normalized spacial score (nSPS) is 13.5. The molecule has 0 aliphatic carbocycles. The number of carbonyl (C=O) groups excluding carboxylic acids is 3. The van der Waals surface area contributed by atoms with Crippen LogP contribution >= 0.6 is 23.5 Å². The lowest BCUT2D eigenvalue weighted by Crippen LogP contribution is -2.39. The van der Waals surface area contributed by atoms with Gasteiger partial charge in [0.15, 0.2) is 0 Å². The molecule has 0 saturated carbocycles. The highest BCUT2D eigenvalue weighted by molar-refractivity contribution is 9.10. The minimum absolute atomic E-state index is 0.0534. The SMILES string of the molecule is CCOP(=O)(CC(=O)NCn1cc(CN2C(=O)c3cccc4c(Br)ccc(c34)C2=O)nn1)OCC. The maximum absolute atomic E-state index is 13.1. The summed E-state index contributed by atoms with van der Waals surface area (Å²) in [5, 5.41) is 11.9. The molecule has 1 aliphatic rings. The van der Waals surface area contributed by atoms with Crippen LogP contribution in [0, 0.1) is 0 Å². The molecule has 0 saturated heterocycles. The lowest BCUT2D eigenvalue weighted by Gasteiger charge is -2.26. The number of hydrogen-bond donors (Lipinski definition) is 1. The Labute approximate surface area is 209 Å². The average Bonchev–Trinajstić information content (AvgIpc) is 3.27. The zero-order chi connectivity index (χ0) is 25.2. The van der Waals surface area contributed by atoms with Gasteiger partial charge in [-0.2, -0.15) is 0 Å². The van der Waals surface area contributed by atoms with Gasteiger partial charge < -0.3 is 14.4 Å². The van der Waals surface area contributed by atoms with E-state index in [1.54, 1.807) is 38.1 Å². The molecule has 11 nitrogen and oxygen atoms in total. The number of nitrogens with zero attached hydrogens (tertiary/aromatic N) is 4. The predicted octanol–water partition coefficient (Wildman–Crippen LogP) is 3.33. The average molecular weight is 564 g/mol. The molecule has 0 unspecified atom stereocenters. The van der Waals surface area contributed by atoms with Crippen molar-refractivity contribution in [2.24, 2.45) is 0 Å². The number of imide groups is 1. The van der Waals surface area contributed by atoms with Gasteiger partial charge >= 0.3 is 7.60 Å². The predicted molar refractivity (Wildman–Crippen MR) is 130 cm³/mol. The first-order valence-corrected chi connectivity index (χ1v) is 13.4. The van der Waals surface area contributed by atoms with Crippen LogP contribution in [-0.4, -0.2) is 57.0 Å². The highest BCUT2D eigenvalue weighted by Gasteiger charge is 2.34. The van der Waals surface area contributed by atoms with Crippen molar-refractivity contribution in [3.05, 3.63) is 57.8 Å². The number of halogens is 1. The van der Waals surface area contributed by atoms with E-state index < -0.39 is 31.5 Å². The van der Waals surface area contributed by atoms with E-state index in [2.05, 4.69) is 31.6 Å². The lowest BCUT2D eigenvalue weighted by atomic mass is 9.94. The van der Waals surface area contributed by atoms with Crippen molar-refractivity contribution in [2.45, 2.75) is 27.1 Å². The number of nitrogens with one attached hydrogen (secondary N) is 1. The van der Waals surface area contributed by atoms with Gasteiger partial charge in [-0.05, 0) is 37.4 Å². The Morgan fingerprint density at radius 1 is 1.09 bits per heavy atom. The number of aromatic nitrogens is 3. The van der Waals surface area contributed by atoms with Crippen LogP contribution in [0.3, 0.4) is 0 Å². The molecule has 3 aromatic rings. The van der Waals surface area contributed by atoms with Gasteiger partial charge in [0.2, 0.25) is 5.91 Å². The van der Waals surface area contributed by atoms with Crippen LogP contribution < -0.4 is 5.32 Å². The van der Waals surface area contributed by atoms with E-state index in [-0.39, 0.29) is 26.4 Å². The standard InChI is InChI=1S/C22H23BrN5O6P/c1-3-33-35(32,34-4-2)12-19(29)24-13-27-10-14(25-26-27)11-28-21(30)16-7-5-6-15-18(23)9-8-17(20(15)16)22(28)31/h5-10H,3-4,11-13H2,1-2H3,(H,24,29). The maximum Gasteiger partial charge on any atom is 0.340 e. The zero-order valence-corrected chi connectivity index (χ0v) is 21.5. The van der Waals surface area contributed by atoms with Gasteiger partial charge in [-0.25, -0.2) is 4.68 Å². The molecule has 184 valence electrons. The van der Waals surface area contributed by atoms with Gasteiger partial charge in [0.05, 0.1) is 26.0 Å². The second-order valence-corrected chi connectivity index (χ2v) is 10.5. The molecule has 0 spiro atoms. The highest BCUT2D eigenvalue weighted by atomic mass is 79.9. The van der Waals surface area contributed by atoms with E-state index in [0.29, 0.717) is 22.2 Å². The third-order valence-electron chi connectivity index (χ3n) is 5.27. The molecule has 0 atom stereocenters.